The molecular weight excluding hydrogens is 321 g/mol. The van der Waals surface area contributed by atoms with Crippen LogP contribution in [-0.4, -0.2) is 53.2 Å². The van der Waals surface area contributed by atoms with Crippen molar-refractivity contribution in [3.05, 3.63) is 24.3 Å². The highest BCUT2D eigenvalue weighted by Gasteiger charge is 2.38. The molecule has 3 rings (SSSR count). The van der Waals surface area contributed by atoms with Gasteiger partial charge in [0.25, 0.3) is 0 Å². The topological polar surface area (TPSA) is 75.6 Å². The first kappa shape index (κ1) is 16.9. The highest BCUT2D eigenvalue weighted by atomic mass is 32.2. The van der Waals surface area contributed by atoms with Gasteiger partial charge in [0.2, 0.25) is 0 Å². The van der Waals surface area contributed by atoms with Crippen LogP contribution in [-0.2, 0) is 16.0 Å². The van der Waals surface area contributed by atoms with Crippen molar-refractivity contribution < 1.29 is 27.6 Å². The fourth-order valence-electron chi connectivity index (χ4n) is 2.38. The summed E-state index contributed by atoms with van der Waals surface area (Å²) in [6, 6.07) is 8.49. The Labute approximate surface area is 128 Å². The number of nitrogens with one attached hydrogen (secondary N) is 1. The highest BCUT2D eigenvalue weighted by Crippen LogP contribution is 2.33. The van der Waals surface area contributed by atoms with Crippen molar-refractivity contribution in [2.75, 3.05) is 30.3 Å². The first-order valence-electron chi connectivity index (χ1n) is 6.55. The van der Waals surface area contributed by atoms with Crippen LogP contribution in [0.25, 0.3) is 0 Å². The molecule has 2 unspecified atom stereocenters. The van der Waals surface area contributed by atoms with E-state index >= 15 is 0 Å². The van der Waals surface area contributed by atoms with E-state index in [0.29, 0.717) is 6.04 Å². The van der Waals surface area contributed by atoms with E-state index in [-0.39, 0.29) is 0 Å². The van der Waals surface area contributed by atoms with Gasteiger partial charge in [0.1, 0.15) is 5.75 Å². The summed E-state index contributed by atoms with van der Waals surface area (Å²) in [7, 11) is 0. The third-order valence-corrected chi connectivity index (χ3v) is 4.88. The number of nitrogens with zero attached hydrogens (tertiary/aromatic N) is 1. The summed E-state index contributed by atoms with van der Waals surface area (Å²) in [6.45, 7) is 3.01. The largest absolute Gasteiger partial charge is 0.611 e. The zero-order chi connectivity index (χ0) is 16.3. The van der Waals surface area contributed by atoms with Gasteiger partial charge in [-0.3, -0.25) is 0 Å². The number of carboxylic acids is 1. The van der Waals surface area contributed by atoms with E-state index in [1.165, 1.54) is 5.69 Å². The summed E-state index contributed by atoms with van der Waals surface area (Å²) in [5.41, 5.74) is 1.17. The molecule has 0 radical (unpaired) electrons. The van der Waals surface area contributed by atoms with Crippen molar-refractivity contribution in [1.29, 1.82) is 0 Å². The van der Waals surface area contributed by atoms with Gasteiger partial charge in [-0.15, -0.1) is 0 Å². The maximum absolute atomic E-state index is 12.0. The van der Waals surface area contributed by atoms with Crippen LogP contribution in [0.2, 0.25) is 0 Å². The Kier molecular flexibility index (Phi) is 5.20. The summed E-state index contributed by atoms with van der Waals surface area (Å²) in [4.78, 5) is 12.3. The third kappa shape index (κ3) is 3.84. The van der Waals surface area contributed by atoms with E-state index in [4.69, 9.17) is 9.90 Å². The Morgan fingerprint density at radius 2 is 2.05 bits per heavy atom. The van der Waals surface area contributed by atoms with Gasteiger partial charge in [0.15, 0.2) is 4.90 Å². The number of hydrogen-bond donors (Lipinski definition) is 2. The number of para-hydroxylation sites is 1. The molecule has 1 saturated heterocycles. The second-order valence-corrected chi connectivity index (χ2v) is 6.30. The number of hydrogen-bond acceptors (Lipinski definition) is 4. The van der Waals surface area contributed by atoms with Crippen LogP contribution in [0.3, 0.4) is 0 Å². The molecule has 122 valence electrons. The molecule has 2 N–H and O–H groups in total. The molecule has 0 bridgehead atoms. The van der Waals surface area contributed by atoms with Crippen LogP contribution >= 0.6 is 0 Å². The van der Waals surface area contributed by atoms with E-state index < -0.39 is 23.3 Å². The minimum atomic E-state index is -5.08. The lowest BCUT2D eigenvalue weighted by Crippen LogP contribution is -2.56. The molecule has 2 aliphatic heterocycles. The second kappa shape index (κ2) is 6.76. The van der Waals surface area contributed by atoms with Gasteiger partial charge < -0.3 is 19.9 Å². The van der Waals surface area contributed by atoms with Crippen LogP contribution < -0.4 is 10.2 Å². The molecule has 9 heteroatoms. The lowest BCUT2D eigenvalue weighted by atomic mass is 10.1. The molecular formula is C13H15F3N2O3S. The number of piperazine rings is 1. The first-order valence-corrected chi connectivity index (χ1v) is 7.87. The quantitative estimate of drug-likeness (QED) is 0.697. The lowest BCUT2D eigenvalue weighted by molar-refractivity contribution is -0.192. The molecule has 1 fully saturated rings. The van der Waals surface area contributed by atoms with Gasteiger partial charge in [-0.25, -0.2) is 4.79 Å². The molecule has 2 atom stereocenters. The Morgan fingerprint density at radius 1 is 1.41 bits per heavy atom. The molecule has 0 saturated carbocycles. The molecule has 0 aromatic heterocycles. The van der Waals surface area contributed by atoms with Crippen molar-refractivity contribution in [2.24, 2.45) is 0 Å². The summed E-state index contributed by atoms with van der Waals surface area (Å²) >= 11 is -0.815. The average Bonchev–Trinajstić information content (AvgIpc) is 2.47. The molecule has 1 aromatic carbocycles. The SMILES string of the molecule is O=C(O)C(F)(F)F.[O-][S+]1CC2CNCCN2c2ccccc21. The normalized spacial score (nSPS) is 23.7. The third-order valence-electron chi connectivity index (χ3n) is 3.36. The Bertz CT molecular complexity index is 542. The van der Waals surface area contributed by atoms with Gasteiger partial charge in [0.05, 0.1) is 11.7 Å². The number of halogens is 3. The van der Waals surface area contributed by atoms with Crippen LogP contribution in [0.15, 0.2) is 29.2 Å². The van der Waals surface area contributed by atoms with Gasteiger partial charge >= 0.3 is 12.1 Å². The monoisotopic (exact) mass is 336 g/mol. The molecule has 5 nitrogen and oxygen atoms in total. The van der Waals surface area contributed by atoms with E-state index in [0.717, 1.165) is 30.3 Å². The molecule has 0 spiro atoms. The predicted molar refractivity (Wildman–Crippen MR) is 75.4 cm³/mol. The van der Waals surface area contributed by atoms with E-state index in [1.807, 2.05) is 18.2 Å². The number of anilines is 1. The number of rotatable bonds is 0. The number of fused-ring (bicyclic) bond motifs is 3. The second-order valence-electron chi connectivity index (χ2n) is 4.83. The number of carboxylic acid groups (broad SMARTS) is 1. The maximum atomic E-state index is 12.0. The Balaban J connectivity index is 0.000000217. The molecule has 0 amide bonds. The summed E-state index contributed by atoms with van der Waals surface area (Å²) in [6.07, 6.45) is -5.08. The first-order chi connectivity index (χ1) is 10.3. The fourth-order valence-corrected chi connectivity index (χ4v) is 3.85. The zero-order valence-corrected chi connectivity index (χ0v) is 12.3. The van der Waals surface area contributed by atoms with Gasteiger partial charge in [0, 0.05) is 19.6 Å². The standard InChI is InChI=1S/C11H14N2OS.C2HF3O2/c14-15-8-9-7-12-5-6-13(9)10-3-1-2-4-11(10)15;3-2(4,5)1(6)7/h1-4,9,12H,5-8H2;(H,6,7). The van der Waals surface area contributed by atoms with Gasteiger partial charge in [-0.2, -0.15) is 13.2 Å². The minimum Gasteiger partial charge on any atom is -0.611 e. The van der Waals surface area contributed by atoms with Crippen molar-refractivity contribution >= 4 is 22.8 Å². The molecule has 22 heavy (non-hydrogen) atoms. The predicted octanol–water partition coefficient (Wildman–Crippen LogP) is 1.22. The van der Waals surface area contributed by atoms with E-state index in [1.54, 1.807) is 0 Å². The van der Waals surface area contributed by atoms with Crippen molar-refractivity contribution in [2.45, 2.75) is 17.1 Å². The van der Waals surface area contributed by atoms with Crippen LogP contribution in [0.1, 0.15) is 0 Å². The fraction of sp³-hybridized carbons (Fsp3) is 0.462. The number of alkyl halides is 3. The van der Waals surface area contributed by atoms with Crippen molar-refractivity contribution in [3.63, 3.8) is 0 Å². The Morgan fingerprint density at radius 3 is 2.68 bits per heavy atom. The van der Waals surface area contributed by atoms with Gasteiger partial charge in [-0.1, -0.05) is 12.1 Å². The minimum absolute atomic E-state index is 0.412. The molecule has 2 heterocycles. The number of aliphatic carboxylic acids is 1. The van der Waals surface area contributed by atoms with Crippen LogP contribution in [0.5, 0.6) is 0 Å². The number of benzene rings is 1. The lowest BCUT2D eigenvalue weighted by Gasteiger charge is -2.41. The number of carbonyl (C=O) groups is 1. The summed E-state index contributed by atoms with van der Waals surface area (Å²) < 4.78 is 43.7. The maximum Gasteiger partial charge on any atom is 0.490 e. The highest BCUT2D eigenvalue weighted by molar-refractivity contribution is 7.91. The van der Waals surface area contributed by atoms with Crippen LogP contribution in [0.4, 0.5) is 18.9 Å². The zero-order valence-electron chi connectivity index (χ0n) is 11.5. The van der Waals surface area contributed by atoms with Gasteiger partial charge in [-0.05, 0) is 23.3 Å². The smallest absolute Gasteiger partial charge is 0.490 e. The summed E-state index contributed by atoms with van der Waals surface area (Å²) in [5.74, 6) is -1.99. The molecule has 2 aliphatic rings. The summed E-state index contributed by atoms with van der Waals surface area (Å²) in [5, 5.41) is 10.5. The van der Waals surface area contributed by atoms with Crippen molar-refractivity contribution in [3.8, 4) is 0 Å². The van der Waals surface area contributed by atoms with Crippen molar-refractivity contribution in [1.82, 2.24) is 5.32 Å². The average molecular weight is 336 g/mol. The molecule has 0 aliphatic carbocycles. The van der Waals surface area contributed by atoms with E-state index in [2.05, 4.69) is 16.3 Å². The molecule has 1 aromatic rings. The Hall–Kier alpha value is -1.45. The van der Waals surface area contributed by atoms with Crippen LogP contribution in [0, 0.1) is 0 Å². The van der Waals surface area contributed by atoms with E-state index in [9.17, 15) is 17.7 Å².